The third kappa shape index (κ3) is 2.72. The molecule has 0 unspecified atom stereocenters. The number of nitrogens with two attached hydrogens (primary N) is 1. The normalized spacial score (nSPS) is 16.4. The van der Waals surface area contributed by atoms with Gasteiger partial charge in [0.2, 0.25) is 0 Å². The summed E-state index contributed by atoms with van der Waals surface area (Å²) in [5.41, 5.74) is 11.5. The lowest BCUT2D eigenvalue weighted by molar-refractivity contribution is 0.0694. The molecule has 0 aliphatic heterocycles. The van der Waals surface area contributed by atoms with Gasteiger partial charge in [0.05, 0.1) is 17.0 Å². The minimum Gasteiger partial charge on any atom is -0.478 e. The van der Waals surface area contributed by atoms with Crippen LogP contribution in [0.15, 0.2) is 36.5 Å². The van der Waals surface area contributed by atoms with Gasteiger partial charge in [-0.15, -0.1) is 0 Å². The van der Waals surface area contributed by atoms with E-state index in [1.165, 1.54) is 6.07 Å². The van der Waals surface area contributed by atoms with Crippen LogP contribution < -0.4 is 5.73 Å². The number of carboxylic acid groups (broad SMARTS) is 1. The molecular weight excluding hydrogens is 357 g/mol. The van der Waals surface area contributed by atoms with Crippen LogP contribution >= 0.6 is 0 Å². The molecule has 0 saturated heterocycles. The van der Waals surface area contributed by atoms with Crippen molar-refractivity contribution in [1.82, 2.24) is 9.97 Å². The highest BCUT2D eigenvalue weighted by Gasteiger charge is 2.40. The molecule has 3 aromatic rings. The number of pyridine rings is 1. The molecule has 0 amide bonds. The van der Waals surface area contributed by atoms with E-state index in [0.29, 0.717) is 41.8 Å². The summed E-state index contributed by atoms with van der Waals surface area (Å²) in [5.74, 6) is -1.26. The number of hydrogen-bond donors (Lipinski definition) is 3. The number of halogens is 1. The van der Waals surface area contributed by atoms with Crippen molar-refractivity contribution in [2.75, 3.05) is 0 Å². The summed E-state index contributed by atoms with van der Waals surface area (Å²) >= 11 is 0. The van der Waals surface area contributed by atoms with Gasteiger partial charge in [0.15, 0.2) is 0 Å². The fraction of sp³-hybridized carbons (Fsp3) is 0.273. The van der Waals surface area contributed by atoms with Crippen molar-refractivity contribution in [3.63, 3.8) is 0 Å². The first kappa shape index (κ1) is 17.1. The van der Waals surface area contributed by atoms with Gasteiger partial charge in [0.1, 0.15) is 5.82 Å². The molecule has 1 saturated carbocycles. The monoisotopic (exact) mass is 377 g/mol. The predicted octanol–water partition coefficient (Wildman–Crippen LogP) is 3.71. The van der Waals surface area contributed by atoms with Gasteiger partial charge in [-0.1, -0.05) is 12.1 Å². The van der Waals surface area contributed by atoms with E-state index in [0.717, 1.165) is 35.2 Å². The molecule has 4 N–H and O–H groups in total. The highest BCUT2D eigenvalue weighted by atomic mass is 19.1. The second-order valence-electron chi connectivity index (χ2n) is 7.88. The predicted molar refractivity (Wildman–Crippen MR) is 104 cm³/mol. The number of hydrogen-bond acceptors (Lipinski definition) is 3. The number of aromatic nitrogens is 2. The first-order valence-electron chi connectivity index (χ1n) is 9.45. The Morgan fingerprint density at radius 1 is 1.25 bits per heavy atom. The number of benzene rings is 1. The van der Waals surface area contributed by atoms with Crippen LogP contribution in [0.5, 0.6) is 0 Å². The average Bonchev–Trinajstić information content (AvgIpc) is 3.27. The van der Waals surface area contributed by atoms with E-state index in [4.69, 9.17) is 5.73 Å². The summed E-state index contributed by atoms with van der Waals surface area (Å²) in [6, 6.07) is 8.38. The van der Waals surface area contributed by atoms with Crippen LogP contribution in [-0.2, 0) is 19.3 Å². The maximum absolute atomic E-state index is 14.2. The van der Waals surface area contributed by atoms with Crippen molar-refractivity contribution in [2.45, 2.75) is 37.6 Å². The first-order chi connectivity index (χ1) is 13.5. The van der Waals surface area contributed by atoms with Gasteiger partial charge in [-0.05, 0) is 55.0 Å². The molecule has 0 spiro atoms. The van der Waals surface area contributed by atoms with Gasteiger partial charge in [-0.3, -0.25) is 4.98 Å². The summed E-state index contributed by atoms with van der Waals surface area (Å²) in [5, 5.41) is 9.82. The van der Waals surface area contributed by atoms with Crippen molar-refractivity contribution < 1.29 is 14.3 Å². The number of H-pyrrole nitrogens is 1. The molecule has 2 heterocycles. The van der Waals surface area contributed by atoms with Gasteiger partial charge >= 0.3 is 5.97 Å². The zero-order chi connectivity index (χ0) is 19.5. The van der Waals surface area contributed by atoms with E-state index < -0.39 is 5.97 Å². The number of nitrogens with zero attached hydrogens (tertiary/aromatic N) is 1. The van der Waals surface area contributed by atoms with Crippen LogP contribution in [0, 0.1) is 5.82 Å². The van der Waals surface area contributed by atoms with E-state index >= 15 is 0 Å². The molecule has 2 aromatic heterocycles. The summed E-state index contributed by atoms with van der Waals surface area (Å²) in [6.07, 6.45) is 5.47. The van der Waals surface area contributed by atoms with E-state index in [9.17, 15) is 14.3 Å². The lowest BCUT2D eigenvalue weighted by atomic mass is 9.88. The Morgan fingerprint density at radius 3 is 2.75 bits per heavy atom. The molecule has 0 bridgehead atoms. The Labute approximate surface area is 161 Å². The number of aromatic amines is 1. The van der Waals surface area contributed by atoms with Crippen molar-refractivity contribution in [3.8, 4) is 22.5 Å². The standard InChI is InChI=1S/C22H20FN3O2/c23-16-4-2-1-3-13(16)17-9-15-12(11-25-17)5-6-14-19(21(27)28)18(26-20(14)15)10-22(24)7-8-22/h1-4,9,11,26H,5-8,10,24H2,(H,27,28). The number of aromatic carboxylic acids is 1. The lowest BCUT2D eigenvalue weighted by Crippen LogP contribution is -2.25. The lowest BCUT2D eigenvalue weighted by Gasteiger charge is -2.17. The summed E-state index contributed by atoms with van der Waals surface area (Å²) in [4.78, 5) is 19.8. The van der Waals surface area contributed by atoms with Crippen LogP contribution in [0.1, 0.15) is 40.0 Å². The Balaban J connectivity index is 1.66. The Kier molecular flexibility index (Phi) is 3.67. The maximum atomic E-state index is 14.2. The third-order valence-corrected chi connectivity index (χ3v) is 5.87. The fourth-order valence-electron chi connectivity index (χ4n) is 4.15. The topological polar surface area (TPSA) is 92.0 Å². The number of carbonyl (C=O) groups is 1. The van der Waals surface area contributed by atoms with Gasteiger partial charge < -0.3 is 15.8 Å². The molecule has 0 atom stereocenters. The van der Waals surface area contributed by atoms with Crippen molar-refractivity contribution in [3.05, 3.63) is 64.7 Å². The third-order valence-electron chi connectivity index (χ3n) is 5.87. The average molecular weight is 377 g/mol. The zero-order valence-electron chi connectivity index (χ0n) is 15.3. The van der Waals surface area contributed by atoms with Crippen molar-refractivity contribution >= 4 is 5.97 Å². The molecule has 0 radical (unpaired) electrons. The minimum absolute atomic E-state index is 0.295. The second-order valence-corrected chi connectivity index (χ2v) is 7.88. The number of carboxylic acids is 1. The van der Waals surface area contributed by atoms with E-state index in [-0.39, 0.29) is 11.4 Å². The highest BCUT2D eigenvalue weighted by Crippen LogP contribution is 2.41. The molecule has 1 fully saturated rings. The van der Waals surface area contributed by atoms with E-state index in [2.05, 4.69) is 9.97 Å². The number of rotatable bonds is 4. The molecule has 2 aliphatic rings. The molecule has 2 aliphatic carbocycles. The van der Waals surface area contributed by atoms with E-state index in [1.807, 2.05) is 6.07 Å². The van der Waals surface area contributed by atoms with Crippen molar-refractivity contribution in [2.24, 2.45) is 5.73 Å². The SMILES string of the molecule is NC1(Cc2[nH]c3c(c2C(=O)O)CCc2cnc(-c4ccccc4F)cc2-3)CC1. The second kappa shape index (κ2) is 6.01. The Morgan fingerprint density at radius 2 is 2.04 bits per heavy atom. The van der Waals surface area contributed by atoms with E-state index in [1.54, 1.807) is 24.4 Å². The minimum atomic E-state index is -0.927. The zero-order valence-corrected chi connectivity index (χ0v) is 15.3. The Bertz CT molecular complexity index is 1110. The maximum Gasteiger partial charge on any atom is 0.337 e. The molecule has 1 aromatic carbocycles. The summed E-state index contributed by atoms with van der Waals surface area (Å²) < 4.78 is 14.2. The summed E-state index contributed by atoms with van der Waals surface area (Å²) in [7, 11) is 0. The molecule has 6 heteroatoms. The molecule has 5 rings (SSSR count). The number of fused-ring (bicyclic) bond motifs is 3. The first-order valence-corrected chi connectivity index (χ1v) is 9.45. The van der Waals surface area contributed by atoms with Crippen LogP contribution in [0.25, 0.3) is 22.5 Å². The number of aryl methyl sites for hydroxylation is 1. The highest BCUT2D eigenvalue weighted by molar-refractivity contribution is 5.95. The van der Waals surface area contributed by atoms with Gasteiger partial charge in [-0.2, -0.15) is 0 Å². The van der Waals surface area contributed by atoms with Gasteiger partial charge in [0, 0.05) is 35.0 Å². The van der Waals surface area contributed by atoms with Crippen LogP contribution in [-0.4, -0.2) is 26.6 Å². The smallest absolute Gasteiger partial charge is 0.337 e. The molecular formula is C22H20FN3O2. The molecule has 28 heavy (non-hydrogen) atoms. The molecule has 5 nitrogen and oxygen atoms in total. The largest absolute Gasteiger partial charge is 0.478 e. The molecule has 142 valence electrons. The van der Waals surface area contributed by atoms with Gasteiger partial charge in [0.25, 0.3) is 0 Å². The van der Waals surface area contributed by atoms with Gasteiger partial charge in [-0.25, -0.2) is 9.18 Å². The number of nitrogens with one attached hydrogen (secondary N) is 1. The van der Waals surface area contributed by atoms with Crippen LogP contribution in [0.4, 0.5) is 4.39 Å². The van der Waals surface area contributed by atoms with Crippen LogP contribution in [0.3, 0.4) is 0 Å². The summed E-state index contributed by atoms with van der Waals surface area (Å²) in [6.45, 7) is 0. The van der Waals surface area contributed by atoms with Crippen molar-refractivity contribution in [1.29, 1.82) is 0 Å². The van der Waals surface area contributed by atoms with Crippen LogP contribution in [0.2, 0.25) is 0 Å². The Hall–Kier alpha value is -2.99. The fourth-order valence-corrected chi connectivity index (χ4v) is 4.15. The quantitative estimate of drug-likeness (QED) is 0.646.